The van der Waals surface area contributed by atoms with Crippen molar-refractivity contribution in [2.45, 2.75) is 12.8 Å². The zero-order valence-electron chi connectivity index (χ0n) is 16.2. The van der Waals surface area contributed by atoms with Crippen LogP contribution in [-0.2, 0) is 19.1 Å². The van der Waals surface area contributed by atoms with Crippen LogP contribution in [0.1, 0.15) is 17.7 Å². The monoisotopic (exact) mass is 456 g/mol. The number of hydrogen-bond acceptors (Lipinski definition) is 9. The molecule has 3 N–H and O–H groups in total. The highest BCUT2D eigenvalue weighted by Crippen LogP contribution is 2.30. The molecular formula is C19H16N6O4S2. The van der Waals surface area contributed by atoms with Crippen molar-refractivity contribution < 1.29 is 19.1 Å². The number of ether oxygens (including phenoxy) is 1. The van der Waals surface area contributed by atoms with E-state index in [-0.39, 0.29) is 24.7 Å². The Morgan fingerprint density at radius 1 is 1.29 bits per heavy atom. The summed E-state index contributed by atoms with van der Waals surface area (Å²) in [7, 11) is 1.27. The Bertz CT molecular complexity index is 1230. The molecule has 0 atom stereocenters. The smallest absolute Gasteiger partial charge is 0.306 e. The van der Waals surface area contributed by atoms with Gasteiger partial charge in [-0.05, 0) is 36.0 Å². The van der Waals surface area contributed by atoms with Gasteiger partial charge < -0.3 is 15.4 Å². The summed E-state index contributed by atoms with van der Waals surface area (Å²) in [5, 5.41) is 14.1. The number of aromatic nitrogens is 3. The molecule has 3 heterocycles. The molecule has 3 aromatic rings. The number of rotatable bonds is 6. The van der Waals surface area contributed by atoms with E-state index in [1.165, 1.54) is 30.2 Å². The minimum absolute atomic E-state index is 0.00313. The van der Waals surface area contributed by atoms with Gasteiger partial charge >= 0.3 is 5.97 Å². The van der Waals surface area contributed by atoms with Crippen LogP contribution in [0.25, 0.3) is 17.0 Å². The normalized spacial score (nSPS) is 16.1. The number of thiazole rings is 1. The number of nitrogens with one attached hydrogen (secondary N) is 3. The van der Waals surface area contributed by atoms with E-state index in [1.807, 2.05) is 18.2 Å². The van der Waals surface area contributed by atoms with Crippen LogP contribution in [0, 0.1) is 0 Å². The molecule has 4 rings (SSSR count). The summed E-state index contributed by atoms with van der Waals surface area (Å²) in [5.74, 6) is -1.05. The average molecular weight is 457 g/mol. The predicted octanol–water partition coefficient (Wildman–Crippen LogP) is 2.80. The van der Waals surface area contributed by atoms with E-state index in [0.29, 0.717) is 25.8 Å². The van der Waals surface area contributed by atoms with E-state index < -0.39 is 5.97 Å². The number of benzene rings is 1. The quantitative estimate of drug-likeness (QED) is 0.383. The number of nitrogens with zero attached hydrogens (tertiary/aromatic N) is 3. The number of amidine groups is 1. The number of aliphatic imine (C=N–C) groups is 1. The average Bonchev–Trinajstić information content (AvgIpc) is 3.47. The lowest BCUT2D eigenvalue weighted by Gasteiger charge is -2.00. The zero-order valence-corrected chi connectivity index (χ0v) is 17.8. The molecule has 0 unspecified atom stereocenters. The molecule has 1 aromatic carbocycles. The molecule has 1 saturated heterocycles. The van der Waals surface area contributed by atoms with E-state index >= 15 is 0 Å². The first-order chi connectivity index (χ1) is 15.0. The first kappa shape index (κ1) is 20.8. The molecule has 0 aliphatic carbocycles. The molecule has 0 radical (unpaired) electrons. The van der Waals surface area contributed by atoms with E-state index in [4.69, 9.17) is 0 Å². The molecule has 1 aliphatic rings. The van der Waals surface area contributed by atoms with E-state index in [0.717, 1.165) is 10.9 Å². The van der Waals surface area contributed by atoms with Gasteiger partial charge in [0.2, 0.25) is 5.91 Å². The van der Waals surface area contributed by atoms with Gasteiger partial charge in [0.25, 0.3) is 5.91 Å². The number of H-pyrrole nitrogens is 1. The first-order valence-corrected chi connectivity index (χ1v) is 10.7. The summed E-state index contributed by atoms with van der Waals surface area (Å²) in [5.41, 5.74) is 1.55. The number of carbonyl (C=O) groups excluding carboxylic acids is 3. The fraction of sp³-hybridized carbons (Fsp3) is 0.158. The second-order valence-corrected chi connectivity index (χ2v) is 8.41. The molecule has 12 heteroatoms. The summed E-state index contributed by atoms with van der Waals surface area (Å²) in [6, 6.07) is 5.59. The number of methoxy groups -OCH3 is 1. The Labute approximate surface area is 184 Å². The first-order valence-electron chi connectivity index (χ1n) is 9.05. The number of thioether (sulfide) groups is 1. The molecule has 0 saturated carbocycles. The molecule has 1 aliphatic heterocycles. The second-order valence-electron chi connectivity index (χ2n) is 6.32. The Morgan fingerprint density at radius 3 is 3.00 bits per heavy atom. The minimum Gasteiger partial charge on any atom is -0.469 e. The Hall–Kier alpha value is -3.51. The van der Waals surface area contributed by atoms with Crippen molar-refractivity contribution in [3.8, 4) is 0 Å². The molecule has 2 aromatic heterocycles. The van der Waals surface area contributed by atoms with Gasteiger partial charge in [-0.1, -0.05) is 11.3 Å². The topological polar surface area (TPSA) is 138 Å². The van der Waals surface area contributed by atoms with Crippen molar-refractivity contribution in [3.05, 3.63) is 40.4 Å². The summed E-state index contributed by atoms with van der Waals surface area (Å²) < 4.78 is 4.51. The zero-order chi connectivity index (χ0) is 21.8. The standard InChI is InChI=1S/C19H16N6O4S2/c1-29-16(27)5-4-15(26)23-18-20-9-12(30-18)7-14-17(28)24-19(31-14)22-11-3-2-10-8-21-25-13(10)6-11/h2-3,6-9H,4-5H2,1H3,(H,21,25)(H,20,23,26)(H,22,24,28). The number of anilines is 1. The number of amides is 2. The molecule has 0 bridgehead atoms. The maximum absolute atomic E-state index is 12.3. The number of hydrogen-bond donors (Lipinski definition) is 3. The van der Waals surface area contributed by atoms with Crippen LogP contribution in [0.15, 0.2) is 40.5 Å². The molecule has 158 valence electrons. The van der Waals surface area contributed by atoms with Gasteiger partial charge in [0.15, 0.2) is 10.3 Å². The van der Waals surface area contributed by atoms with Crippen LogP contribution < -0.4 is 10.6 Å². The fourth-order valence-corrected chi connectivity index (χ4v) is 4.32. The fourth-order valence-electron chi connectivity index (χ4n) is 2.63. The molecule has 2 amide bonds. The summed E-state index contributed by atoms with van der Waals surface area (Å²) in [4.78, 5) is 45.0. The summed E-state index contributed by atoms with van der Waals surface area (Å²) in [6.07, 6.45) is 4.97. The minimum atomic E-state index is -0.453. The van der Waals surface area contributed by atoms with Crippen molar-refractivity contribution in [2.24, 2.45) is 4.99 Å². The number of carbonyl (C=O) groups is 3. The SMILES string of the molecule is COC(=O)CCC(=O)Nc1ncc(C=C2SC(=Nc3ccc4cn[nH]c4c3)NC2=O)s1. The summed E-state index contributed by atoms with van der Waals surface area (Å²) >= 11 is 2.44. The van der Waals surface area contributed by atoms with E-state index in [1.54, 1.807) is 18.5 Å². The lowest BCUT2D eigenvalue weighted by Crippen LogP contribution is -2.19. The lowest BCUT2D eigenvalue weighted by molar-refractivity contribution is -0.141. The molecule has 0 spiro atoms. The van der Waals surface area contributed by atoms with Gasteiger partial charge in [-0.2, -0.15) is 5.10 Å². The van der Waals surface area contributed by atoms with Crippen molar-refractivity contribution in [3.63, 3.8) is 0 Å². The second kappa shape index (κ2) is 9.10. The Kier molecular flexibility index (Phi) is 6.09. The van der Waals surface area contributed by atoms with Crippen LogP contribution in [-0.4, -0.2) is 45.2 Å². The van der Waals surface area contributed by atoms with Gasteiger partial charge in [-0.25, -0.2) is 9.98 Å². The number of esters is 1. The van der Waals surface area contributed by atoms with Gasteiger partial charge in [-0.3, -0.25) is 19.5 Å². The van der Waals surface area contributed by atoms with Crippen LogP contribution in [0.4, 0.5) is 10.8 Å². The largest absolute Gasteiger partial charge is 0.469 e. The van der Waals surface area contributed by atoms with Crippen molar-refractivity contribution in [2.75, 3.05) is 12.4 Å². The maximum atomic E-state index is 12.3. The van der Waals surface area contributed by atoms with Crippen LogP contribution in [0.2, 0.25) is 0 Å². The highest BCUT2D eigenvalue weighted by molar-refractivity contribution is 8.18. The molecule has 31 heavy (non-hydrogen) atoms. The highest BCUT2D eigenvalue weighted by atomic mass is 32.2. The Morgan fingerprint density at radius 2 is 2.16 bits per heavy atom. The van der Waals surface area contributed by atoms with Gasteiger partial charge in [0.1, 0.15) is 0 Å². The molecule has 1 fully saturated rings. The highest BCUT2D eigenvalue weighted by Gasteiger charge is 2.24. The van der Waals surface area contributed by atoms with Gasteiger partial charge in [-0.15, -0.1) is 0 Å². The third-order valence-corrected chi connectivity index (χ3v) is 5.90. The van der Waals surface area contributed by atoms with Gasteiger partial charge in [0, 0.05) is 18.0 Å². The van der Waals surface area contributed by atoms with Crippen LogP contribution in [0.5, 0.6) is 0 Å². The lowest BCUT2D eigenvalue weighted by atomic mass is 10.2. The van der Waals surface area contributed by atoms with Crippen LogP contribution >= 0.6 is 23.1 Å². The third kappa shape index (κ3) is 5.16. The number of aromatic amines is 1. The van der Waals surface area contributed by atoms with E-state index in [2.05, 4.69) is 35.5 Å². The van der Waals surface area contributed by atoms with Crippen molar-refractivity contribution in [1.82, 2.24) is 20.5 Å². The number of fused-ring (bicyclic) bond motifs is 1. The summed E-state index contributed by atoms with van der Waals surface area (Å²) in [6.45, 7) is 0. The third-order valence-electron chi connectivity index (χ3n) is 4.13. The van der Waals surface area contributed by atoms with E-state index in [9.17, 15) is 14.4 Å². The van der Waals surface area contributed by atoms with Gasteiger partial charge in [0.05, 0.1) is 40.7 Å². The van der Waals surface area contributed by atoms with Crippen molar-refractivity contribution in [1.29, 1.82) is 0 Å². The predicted molar refractivity (Wildman–Crippen MR) is 119 cm³/mol. The maximum Gasteiger partial charge on any atom is 0.306 e. The van der Waals surface area contributed by atoms with Crippen LogP contribution in [0.3, 0.4) is 0 Å². The molecule has 10 nitrogen and oxygen atoms in total. The van der Waals surface area contributed by atoms with Crippen molar-refractivity contribution >= 4 is 73.8 Å². The Balaban J connectivity index is 1.40. The molecular weight excluding hydrogens is 440 g/mol.